The van der Waals surface area contributed by atoms with Crippen LogP contribution in [-0.4, -0.2) is 18.8 Å². The highest BCUT2D eigenvalue weighted by molar-refractivity contribution is 5.85. The van der Waals surface area contributed by atoms with Crippen molar-refractivity contribution < 1.29 is 9.84 Å². The first-order chi connectivity index (χ1) is 8.20. The van der Waals surface area contributed by atoms with Gasteiger partial charge in [0.2, 0.25) is 0 Å². The Morgan fingerprint density at radius 2 is 2.22 bits per heavy atom. The highest BCUT2D eigenvalue weighted by atomic mass is 35.5. The Morgan fingerprint density at radius 1 is 1.44 bits per heavy atom. The molecule has 0 amide bonds. The molecule has 18 heavy (non-hydrogen) atoms. The summed E-state index contributed by atoms with van der Waals surface area (Å²) in [5.41, 5.74) is 5.96. The van der Waals surface area contributed by atoms with Gasteiger partial charge in [-0.1, -0.05) is 25.0 Å². The molecule has 0 saturated heterocycles. The lowest BCUT2D eigenvalue weighted by Gasteiger charge is -2.40. The molecule has 0 spiro atoms. The summed E-state index contributed by atoms with van der Waals surface area (Å²) >= 11 is 0. The fraction of sp³-hybridized carbons (Fsp3) is 0.571. The number of benzene rings is 1. The maximum absolute atomic E-state index is 10.9. The van der Waals surface area contributed by atoms with Crippen LogP contribution in [0.5, 0.6) is 5.75 Å². The van der Waals surface area contributed by atoms with Gasteiger partial charge in [-0.15, -0.1) is 12.4 Å². The van der Waals surface area contributed by atoms with Gasteiger partial charge in [-0.05, 0) is 37.1 Å². The van der Waals surface area contributed by atoms with Crippen LogP contribution in [0.1, 0.15) is 31.2 Å². The van der Waals surface area contributed by atoms with E-state index in [4.69, 9.17) is 10.5 Å². The highest BCUT2D eigenvalue weighted by Gasteiger charge is 2.39. The minimum absolute atomic E-state index is 0. The molecule has 0 aromatic heterocycles. The van der Waals surface area contributed by atoms with Crippen LogP contribution in [0, 0.1) is 5.92 Å². The number of nitrogens with two attached hydrogens (primary N) is 1. The van der Waals surface area contributed by atoms with Crippen molar-refractivity contribution in [1.29, 1.82) is 0 Å². The lowest BCUT2D eigenvalue weighted by molar-refractivity contribution is -0.0507. The maximum Gasteiger partial charge on any atom is 0.119 e. The number of ether oxygens (including phenoxy) is 1. The van der Waals surface area contributed by atoms with E-state index in [1.807, 2.05) is 24.3 Å². The van der Waals surface area contributed by atoms with Gasteiger partial charge in [-0.3, -0.25) is 0 Å². The van der Waals surface area contributed by atoms with Gasteiger partial charge in [0.25, 0.3) is 0 Å². The smallest absolute Gasteiger partial charge is 0.119 e. The number of hydrogen-bond acceptors (Lipinski definition) is 3. The predicted octanol–water partition coefficient (Wildman–Crippen LogP) is 2.45. The summed E-state index contributed by atoms with van der Waals surface area (Å²) in [4.78, 5) is 0. The molecule has 3 nitrogen and oxygen atoms in total. The molecule has 0 radical (unpaired) electrons. The van der Waals surface area contributed by atoms with Crippen LogP contribution < -0.4 is 10.5 Å². The quantitative estimate of drug-likeness (QED) is 0.888. The highest BCUT2D eigenvalue weighted by Crippen LogP contribution is 2.41. The van der Waals surface area contributed by atoms with E-state index >= 15 is 0 Å². The van der Waals surface area contributed by atoms with Gasteiger partial charge in [0, 0.05) is 5.92 Å². The van der Waals surface area contributed by atoms with Crippen molar-refractivity contribution in [2.45, 2.75) is 31.3 Å². The molecule has 3 N–H and O–H groups in total. The second-order valence-corrected chi connectivity index (χ2v) is 4.83. The first-order valence-corrected chi connectivity index (χ1v) is 6.27. The predicted molar refractivity (Wildman–Crippen MR) is 75.2 cm³/mol. The minimum Gasteiger partial charge on any atom is -0.497 e. The van der Waals surface area contributed by atoms with Gasteiger partial charge in [0.15, 0.2) is 0 Å². The van der Waals surface area contributed by atoms with Crippen molar-refractivity contribution in [1.82, 2.24) is 0 Å². The Balaban J connectivity index is 0.00000162. The molecular weight excluding hydrogens is 250 g/mol. The summed E-state index contributed by atoms with van der Waals surface area (Å²) in [7, 11) is 1.64. The van der Waals surface area contributed by atoms with E-state index in [0.29, 0.717) is 6.54 Å². The normalized spacial score (nSPS) is 27.4. The molecule has 1 aliphatic carbocycles. The molecule has 1 aromatic rings. The first-order valence-electron chi connectivity index (χ1n) is 6.27. The summed E-state index contributed by atoms with van der Waals surface area (Å²) in [5.74, 6) is 0.945. The minimum atomic E-state index is -0.776. The van der Waals surface area contributed by atoms with E-state index in [1.165, 1.54) is 0 Å². The zero-order valence-corrected chi connectivity index (χ0v) is 11.6. The van der Waals surface area contributed by atoms with E-state index in [9.17, 15) is 5.11 Å². The van der Waals surface area contributed by atoms with E-state index in [-0.39, 0.29) is 18.3 Å². The van der Waals surface area contributed by atoms with Gasteiger partial charge >= 0.3 is 0 Å². The second-order valence-electron chi connectivity index (χ2n) is 4.83. The summed E-state index contributed by atoms with van der Waals surface area (Å²) < 4.78 is 5.22. The maximum atomic E-state index is 10.9. The van der Waals surface area contributed by atoms with Crippen molar-refractivity contribution >= 4 is 12.4 Å². The van der Waals surface area contributed by atoms with E-state index in [0.717, 1.165) is 37.0 Å². The topological polar surface area (TPSA) is 55.5 Å². The fourth-order valence-electron chi connectivity index (χ4n) is 2.81. The first kappa shape index (κ1) is 15.3. The van der Waals surface area contributed by atoms with Gasteiger partial charge in [-0.2, -0.15) is 0 Å². The molecule has 1 aliphatic rings. The third-order valence-corrected chi connectivity index (χ3v) is 3.89. The van der Waals surface area contributed by atoms with Crippen LogP contribution in [0.4, 0.5) is 0 Å². The number of methoxy groups -OCH3 is 1. The molecule has 1 aromatic carbocycles. The number of rotatable bonds is 3. The average molecular weight is 272 g/mol. The zero-order chi connectivity index (χ0) is 12.3. The largest absolute Gasteiger partial charge is 0.497 e. The van der Waals surface area contributed by atoms with Crippen molar-refractivity contribution in [3.63, 3.8) is 0 Å². The third kappa shape index (κ3) is 2.79. The summed E-state index contributed by atoms with van der Waals surface area (Å²) in [6.45, 7) is 0.535. The number of aliphatic hydroxyl groups is 1. The van der Waals surface area contributed by atoms with E-state index < -0.39 is 5.60 Å². The summed E-state index contributed by atoms with van der Waals surface area (Å²) in [5, 5.41) is 10.9. The van der Waals surface area contributed by atoms with Crippen LogP contribution in [0.25, 0.3) is 0 Å². The van der Waals surface area contributed by atoms with Crippen LogP contribution in [0.15, 0.2) is 24.3 Å². The lowest BCUT2D eigenvalue weighted by atomic mass is 9.71. The Labute approximate surface area is 115 Å². The summed E-state index contributed by atoms with van der Waals surface area (Å²) in [6.07, 6.45) is 4.02. The van der Waals surface area contributed by atoms with Crippen LogP contribution in [0.2, 0.25) is 0 Å². The Kier molecular flexibility index (Phi) is 5.45. The van der Waals surface area contributed by atoms with Gasteiger partial charge in [-0.25, -0.2) is 0 Å². The number of hydrogen-bond donors (Lipinski definition) is 2. The van der Waals surface area contributed by atoms with Gasteiger partial charge in [0.1, 0.15) is 5.75 Å². The van der Waals surface area contributed by atoms with Crippen molar-refractivity contribution in [3.8, 4) is 5.75 Å². The van der Waals surface area contributed by atoms with Crippen molar-refractivity contribution in [2.75, 3.05) is 13.7 Å². The molecule has 4 heteroatoms. The molecule has 2 atom stereocenters. The molecule has 0 bridgehead atoms. The monoisotopic (exact) mass is 271 g/mol. The van der Waals surface area contributed by atoms with Crippen molar-refractivity contribution in [2.24, 2.45) is 11.7 Å². The molecule has 102 valence electrons. The van der Waals surface area contributed by atoms with E-state index in [1.54, 1.807) is 7.11 Å². The molecule has 1 fully saturated rings. The third-order valence-electron chi connectivity index (χ3n) is 3.89. The lowest BCUT2D eigenvalue weighted by Crippen LogP contribution is -2.41. The van der Waals surface area contributed by atoms with Crippen LogP contribution in [-0.2, 0) is 5.60 Å². The summed E-state index contributed by atoms with van der Waals surface area (Å²) in [6, 6.07) is 7.71. The molecule has 0 heterocycles. The standard InChI is InChI=1S/C14H21NO2.ClH/c1-17-13-7-4-6-11(9-13)14(16)8-3-2-5-12(14)10-15;/h4,6-7,9,12,16H,2-3,5,8,10,15H2,1H3;1H/t12-,14+;/m1./s1. The molecule has 1 saturated carbocycles. The molecule has 2 rings (SSSR count). The zero-order valence-electron chi connectivity index (χ0n) is 10.8. The Morgan fingerprint density at radius 3 is 2.89 bits per heavy atom. The van der Waals surface area contributed by atoms with Crippen LogP contribution >= 0.6 is 12.4 Å². The molecular formula is C14H22ClNO2. The fourth-order valence-corrected chi connectivity index (χ4v) is 2.81. The van der Waals surface area contributed by atoms with Crippen LogP contribution in [0.3, 0.4) is 0 Å². The molecule has 0 unspecified atom stereocenters. The second kappa shape index (κ2) is 6.41. The average Bonchev–Trinajstić information content (AvgIpc) is 2.39. The van der Waals surface area contributed by atoms with E-state index in [2.05, 4.69) is 0 Å². The van der Waals surface area contributed by atoms with Crippen molar-refractivity contribution in [3.05, 3.63) is 29.8 Å². The molecule has 0 aliphatic heterocycles. The van der Waals surface area contributed by atoms with Gasteiger partial charge in [0.05, 0.1) is 12.7 Å². The number of halogens is 1. The van der Waals surface area contributed by atoms with Gasteiger partial charge < -0.3 is 15.6 Å². The Hall–Kier alpha value is -0.770. The SMILES string of the molecule is COc1cccc([C@@]2(O)CCCC[C@@H]2CN)c1.Cl. The Bertz CT molecular complexity index is 386.